The van der Waals surface area contributed by atoms with Gasteiger partial charge in [-0.3, -0.25) is 44.9 Å². The van der Waals surface area contributed by atoms with Crippen molar-refractivity contribution >= 4 is 51.4 Å². The molecule has 0 fully saturated rings. The Balaban J connectivity index is -0.0000000563. The average molecular weight is 3000 g/mol. The van der Waals surface area contributed by atoms with Gasteiger partial charge in [-0.25, -0.2) is 0 Å². The maximum Gasteiger partial charge on any atom is 0.104 e. The van der Waals surface area contributed by atoms with Crippen molar-refractivity contribution in [2.75, 3.05) is 40.8 Å². The van der Waals surface area contributed by atoms with Crippen LogP contribution < -0.4 is 0 Å². The van der Waals surface area contributed by atoms with E-state index >= 15 is 0 Å². The molecule has 9 atom stereocenters. The first-order valence-electron chi connectivity index (χ1n) is 41.0. The fraction of sp³-hybridized carbons (Fsp3) is 0.897. The molecule has 0 spiro atoms. The number of rotatable bonds is 36. The Hall–Kier alpha value is 7.89. The van der Waals surface area contributed by atoms with E-state index in [0.29, 0.717) is 0 Å². The third kappa shape index (κ3) is 76.4. The van der Waals surface area contributed by atoms with Crippen molar-refractivity contribution < 1.29 is 382 Å². The van der Waals surface area contributed by atoms with E-state index in [-0.39, 0.29) is 372 Å². The Labute approximate surface area is 973 Å². The van der Waals surface area contributed by atoms with Gasteiger partial charge in [0.05, 0.1) is 16.8 Å². The van der Waals surface area contributed by atoms with Crippen LogP contribution in [0.1, 0.15) is 386 Å². The zero-order valence-electron chi connectivity index (χ0n) is 80.0. The van der Waals surface area contributed by atoms with Gasteiger partial charge in [-0.05, 0) is 240 Å². The monoisotopic (exact) mass is 2990 g/mol. The zero-order chi connectivity index (χ0) is 85.4. The van der Waals surface area contributed by atoms with Crippen LogP contribution in [0.25, 0.3) is 0 Å². The molecule has 0 aromatic rings. The molecule has 0 aliphatic carbocycles. The topological polar surface area (TPSA) is 293 Å². The van der Waals surface area contributed by atoms with Crippen LogP contribution >= 0.6 is 0 Å². The number of hydrogen-bond donors (Lipinski definition) is 9. The maximum atomic E-state index is 10.3. The van der Waals surface area contributed by atoms with Crippen LogP contribution in [-0.2, 0) is 0 Å². The van der Waals surface area contributed by atoms with Gasteiger partial charge in [0.25, 0.3) is 0 Å². The molecule has 0 amide bonds. The predicted molar refractivity (Wildman–Crippen MR) is 470 cm³/mol. The standard InChI is InChI=1S/2C11H23NO.3C10H21NO.3C9H19NO.C8H17NO.9Er/c1-7-11(13,8(2)3)10(6)12-9(4)5;1-6-8-11(13,7-2)10(5)12-9(3)4;1-6-7-10(5,12)9(4)11-8(2)3;1-6-10(12,8(3)4)9(5)11-7-2;1-5-8-10(12,6-2)9(4)11-7-3;1-6-9(11,7(2)3)8(4)10-5;1-5-7-9(11,6-2)8(3)10-4;1-5-7-9(4,11)8(3)10-6-2;1-5-6-8(3,10)7(2)9-4;;;;;;;;;/h8-9,13H,7H2,1-6H3;9,13H,6-8H2,1-5H3;2*8,12H,6-7H2,1-5H3;12H,5-8H2,1-4H3;7,11H,6H2,1-5H3;2*11H,5-7H2,1-4H3;10H,5-6H2,1-4H3;;;;;;;;;. The summed E-state index contributed by atoms with van der Waals surface area (Å²) in [5.41, 5.74) is 1.51. The van der Waals surface area contributed by atoms with Crippen molar-refractivity contribution in [1.82, 2.24) is 0 Å². The van der Waals surface area contributed by atoms with E-state index in [1.54, 1.807) is 28.1 Å². The predicted octanol–water partition coefficient (Wildman–Crippen LogP) is 20.1. The molecule has 0 bridgehead atoms. The van der Waals surface area contributed by atoms with Crippen LogP contribution in [0.4, 0.5) is 0 Å². The van der Waals surface area contributed by atoms with Gasteiger partial charge < -0.3 is 46.0 Å². The fourth-order valence-corrected chi connectivity index (χ4v) is 11.7. The minimum absolute atomic E-state index is 0. The SMILES string of the molecule is CCC(O)(C(C)=NC(C)C)C(C)C.CCC(O)(C(C)=NC)C(C)C.CCCC(C)(O)C(C)=NC.CCCC(C)(O)C(C)=NC(C)C.CCCC(C)(O)C(C)=NCC.CCCC(O)(CC)C(C)=NC.CCCC(O)(CC)C(C)=NC(C)C.CCCC(O)(CC)C(C)=NCC.CCN=C(C)C(O)(CC)C(C)C.[Er].[Er].[Er].[Er].[Er].[Er].[Er].[Er].[Er]. The minimum Gasteiger partial charge on any atom is -0.384 e. The summed E-state index contributed by atoms with van der Waals surface area (Å²) < 4.78 is 0. The fourth-order valence-electron chi connectivity index (χ4n) is 11.7. The van der Waals surface area contributed by atoms with Gasteiger partial charge in [-0.1, -0.05) is 163 Å². The van der Waals surface area contributed by atoms with Gasteiger partial charge in [0.2, 0.25) is 0 Å². The first-order chi connectivity index (χ1) is 48.0. The molecule has 27 heteroatoms. The van der Waals surface area contributed by atoms with Crippen molar-refractivity contribution in [3.8, 4) is 0 Å². The molecule has 0 aromatic heterocycles. The molecule has 0 saturated carbocycles. The third-order valence-electron chi connectivity index (χ3n) is 20.2. The van der Waals surface area contributed by atoms with Gasteiger partial charge in [-0.2, -0.15) is 0 Å². The summed E-state index contributed by atoms with van der Waals surface area (Å²) in [6.45, 7) is 79.5. The van der Waals surface area contributed by atoms with Crippen molar-refractivity contribution in [2.24, 2.45) is 62.7 Å². The molecule has 9 N–H and O–H groups in total. The maximum absolute atomic E-state index is 10.3. The summed E-state index contributed by atoms with van der Waals surface area (Å²) in [6, 6.07) is 0.806. The Morgan fingerprint density at radius 3 is 0.658 bits per heavy atom. The van der Waals surface area contributed by atoms with Crippen LogP contribution in [0.5, 0.6) is 0 Å². The molecular weight excluding hydrogens is 2820 g/mol. The second kappa shape index (κ2) is 92.7. The van der Waals surface area contributed by atoms with E-state index in [4.69, 9.17) is 0 Å². The van der Waals surface area contributed by atoms with Crippen LogP contribution in [0.3, 0.4) is 0 Å². The first kappa shape index (κ1) is 165. The number of hydrogen-bond acceptors (Lipinski definition) is 18. The summed E-state index contributed by atoms with van der Waals surface area (Å²) in [5, 5.41) is 90.1. The van der Waals surface area contributed by atoms with Crippen molar-refractivity contribution in [3.63, 3.8) is 0 Å². The van der Waals surface area contributed by atoms with Crippen molar-refractivity contribution in [2.45, 2.75) is 454 Å². The van der Waals surface area contributed by atoms with Gasteiger partial charge >= 0.3 is 0 Å². The summed E-state index contributed by atoms with van der Waals surface area (Å²) in [5.74, 6) is 0.689. The molecule has 18 nitrogen and oxygen atoms in total. The van der Waals surface area contributed by atoms with Crippen LogP contribution in [0.15, 0.2) is 44.9 Å². The summed E-state index contributed by atoms with van der Waals surface area (Å²) in [6.07, 6.45) is 15.2. The van der Waals surface area contributed by atoms with Crippen molar-refractivity contribution in [1.29, 1.82) is 0 Å². The summed E-state index contributed by atoms with van der Waals surface area (Å²) in [7, 11) is 5.16. The second-order valence-corrected chi connectivity index (χ2v) is 30.8. The third-order valence-corrected chi connectivity index (χ3v) is 20.2. The average Bonchev–Trinajstić information content (AvgIpc) is 0.845. The van der Waals surface area contributed by atoms with E-state index in [0.717, 1.165) is 187 Å². The first-order valence-corrected chi connectivity index (χ1v) is 41.0. The molecule has 0 saturated heterocycles. The number of aliphatic hydroxyl groups is 9. The molecule has 0 aliphatic rings. The van der Waals surface area contributed by atoms with Crippen LogP contribution in [0, 0.1) is 354 Å². The van der Waals surface area contributed by atoms with Crippen molar-refractivity contribution in [3.05, 3.63) is 0 Å². The van der Waals surface area contributed by atoms with Gasteiger partial charge in [0.1, 0.15) is 33.6 Å². The van der Waals surface area contributed by atoms with E-state index < -0.39 is 50.4 Å². The minimum atomic E-state index is -0.718. The van der Waals surface area contributed by atoms with E-state index in [9.17, 15) is 46.0 Å². The molecule has 0 aliphatic heterocycles. The largest absolute Gasteiger partial charge is 0.384 e. The number of nitrogens with zero attached hydrogens (tertiary/aromatic N) is 9. The Morgan fingerprint density at radius 1 is 0.237 bits per heavy atom. The zero-order valence-corrected chi connectivity index (χ0v) is 96.6. The molecule has 0 heterocycles. The Bertz CT molecular complexity index is 2490. The molecule has 9 unspecified atom stereocenters. The summed E-state index contributed by atoms with van der Waals surface area (Å²) >= 11 is 0. The smallest absolute Gasteiger partial charge is 0.104 e. The molecule has 114 heavy (non-hydrogen) atoms. The molecule has 0 aromatic carbocycles. The normalized spacial score (nSPS) is 16.7. The second-order valence-electron chi connectivity index (χ2n) is 30.8. The molecule has 0 rings (SSSR count). The van der Waals surface area contributed by atoms with Crippen LogP contribution in [-0.4, -0.2) is 207 Å². The molecule has 738 valence electrons. The Morgan fingerprint density at radius 2 is 0.439 bits per heavy atom. The Kier molecular flexibility index (Phi) is 134. The quantitative estimate of drug-likeness (QED) is 0.0269. The van der Waals surface area contributed by atoms with E-state index in [1.807, 2.05) is 222 Å². The van der Waals surface area contributed by atoms with Gasteiger partial charge in [-0.15, -0.1) is 0 Å². The molecular formula is C87H183Er9N9O9. The van der Waals surface area contributed by atoms with Gasteiger partial charge in [0.15, 0.2) is 0 Å². The van der Waals surface area contributed by atoms with E-state index in [1.165, 1.54) is 0 Å². The van der Waals surface area contributed by atoms with E-state index in [2.05, 4.69) is 86.5 Å². The van der Waals surface area contributed by atoms with Gasteiger partial charge in [0, 0.05) is 446 Å². The molecule has 0 radical (unpaired) electrons. The summed E-state index contributed by atoms with van der Waals surface area (Å²) in [4.78, 5) is 37.8. The number of aliphatic imine (C=N–C) groups is 9. The van der Waals surface area contributed by atoms with Crippen LogP contribution in [0.2, 0.25) is 0 Å².